The number of nitrogens with zero attached hydrogens (tertiary/aromatic N) is 2. The van der Waals surface area contributed by atoms with Gasteiger partial charge in [0, 0.05) is 5.56 Å². The summed E-state index contributed by atoms with van der Waals surface area (Å²) in [6.45, 7) is 0. The van der Waals surface area contributed by atoms with E-state index < -0.39 is 0 Å². The summed E-state index contributed by atoms with van der Waals surface area (Å²) in [5.41, 5.74) is 9.78. The number of H-pyrrole nitrogens is 1. The maximum atomic E-state index is 8.76. The molecule has 18 heavy (non-hydrogen) atoms. The van der Waals surface area contributed by atoms with Crippen LogP contribution < -0.4 is 5.73 Å². The fourth-order valence-electron chi connectivity index (χ4n) is 1.89. The number of hydrogen-bond donors (Lipinski definition) is 2. The Bertz CT molecular complexity index is 748. The molecule has 0 spiro atoms. The molecular formula is C14H10N4. The minimum absolute atomic E-state index is 0.634. The maximum absolute atomic E-state index is 8.76. The molecule has 3 rings (SSSR count). The second kappa shape index (κ2) is 3.90. The van der Waals surface area contributed by atoms with Crippen molar-refractivity contribution in [2.75, 3.05) is 5.73 Å². The fourth-order valence-corrected chi connectivity index (χ4v) is 1.89. The number of nitrogens with two attached hydrogens (primary N) is 1. The van der Waals surface area contributed by atoms with Crippen LogP contribution in [0, 0.1) is 11.3 Å². The Morgan fingerprint density at radius 1 is 1.11 bits per heavy atom. The van der Waals surface area contributed by atoms with E-state index >= 15 is 0 Å². The lowest BCUT2D eigenvalue weighted by molar-refractivity contribution is 1.33. The third kappa shape index (κ3) is 1.59. The zero-order chi connectivity index (χ0) is 12.5. The van der Waals surface area contributed by atoms with Gasteiger partial charge in [-0.1, -0.05) is 6.07 Å². The first-order chi connectivity index (χ1) is 8.78. The van der Waals surface area contributed by atoms with Gasteiger partial charge < -0.3 is 10.7 Å². The molecule has 1 aromatic heterocycles. The van der Waals surface area contributed by atoms with E-state index in [2.05, 4.69) is 16.0 Å². The zero-order valence-corrected chi connectivity index (χ0v) is 9.51. The van der Waals surface area contributed by atoms with Gasteiger partial charge in [0.05, 0.1) is 22.8 Å². The predicted octanol–water partition coefficient (Wildman–Crippen LogP) is 2.68. The van der Waals surface area contributed by atoms with Crippen molar-refractivity contribution >= 4 is 16.7 Å². The topological polar surface area (TPSA) is 78.5 Å². The van der Waals surface area contributed by atoms with Crippen molar-refractivity contribution in [3.05, 3.63) is 48.0 Å². The van der Waals surface area contributed by atoms with E-state index in [1.54, 1.807) is 12.1 Å². The van der Waals surface area contributed by atoms with E-state index in [0.717, 1.165) is 22.4 Å². The van der Waals surface area contributed by atoms with Crippen LogP contribution in [-0.2, 0) is 0 Å². The lowest BCUT2D eigenvalue weighted by Crippen LogP contribution is -1.85. The first kappa shape index (κ1) is 10.4. The number of aromatic amines is 1. The van der Waals surface area contributed by atoms with Crippen LogP contribution in [0.1, 0.15) is 5.56 Å². The molecule has 0 aliphatic rings. The Kier molecular flexibility index (Phi) is 2.24. The van der Waals surface area contributed by atoms with Crippen LogP contribution >= 0.6 is 0 Å². The van der Waals surface area contributed by atoms with E-state index in [1.165, 1.54) is 0 Å². The van der Waals surface area contributed by atoms with Crippen LogP contribution in [0.2, 0.25) is 0 Å². The van der Waals surface area contributed by atoms with E-state index in [0.29, 0.717) is 11.3 Å². The first-order valence-electron chi connectivity index (χ1n) is 5.52. The van der Waals surface area contributed by atoms with E-state index in [4.69, 9.17) is 11.0 Å². The Labute approximate surface area is 104 Å². The Morgan fingerprint density at radius 3 is 2.56 bits per heavy atom. The Balaban J connectivity index is 2.14. The number of nitrogen functional groups attached to an aromatic ring is 1. The Hall–Kier alpha value is -2.80. The quantitative estimate of drug-likeness (QED) is 0.635. The highest BCUT2D eigenvalue weighted by Gasteiger charge is 2.06. The first-order valence-corrected chi connectivity index (χ1v) is 5.52. The summed E-state index contributed by atoms with van der Waals surface area (Å²) < 4.78 is 0. The average Bonchev–Trinajstić information content (AvgIpc) is 2.84. The summed E-state index contributed by atoms with van der Waals surface area (Å²) in [5.74, 6) is 0.757. The van der Waals surface area contributed by atoms with Crippen LogP contribution in [0.3, 0.4) is 0 Å². The van der Waals surface area contributed by atoms with Crippen LogP contribution in [0.15, 0.2) is 42.5 Å². The van der Waals surface area contributed by atoms with Gasteiger partial charge in [0.25, 0.3) is 0 Å². The van der Waals surface area contributed by atoms with Gasteiger partial charge in [0.2, 0.25) is 0 Å². The molecule has 0 saturated carbocycles. The molecular weight excluding hydrogens is 224 g/mol. The van der Waals surface area contributed by atoms with Gasteiger partial charge in [-0.15, -0.1) is 0 Å². The van der Waals surface area contributed by atoms with Gasteiger partial charge in [-0.25, -0.2) is 4.98 Å². The molecule has 1 heterocycles. The third-order valence-electron chi connectivity index (χ3n) is 2.83. The summed E-state index contributed by atoms with van der Waals surface area (Å²) in [6.07, 6.45) is 0. The molecule has 0 saturated heterocycles. The van der Waals surface area contributed by atoms with Crippen molar-refractivity contribution in [2.24, 2.45) is 0 Å². The number of fused-ring (bicyclic) bond motifs is 1. The predicted molar refractivity (Wildman–Crippen MR) is 70.7 cm³/mol. The van der Waals surface area contributed by atoms with Crippen molar-refractivity contribution < 1.29 is 0 Å². The summed E-state index contributed by atoms with van der Waals surface area (Å²) in [5, 5.41) is 8.76. The van der Waals surface area contributed by atoms with Crippen molar-refractivity contribution in [1.82, 2.24) is 9.97 Å². The third-order valence-corrected chi connectivity index (χ3v) is 2.83. The van der Waals surface area contributed by atoms with Crippen molar-refractivity contribution in [3.63, 3.8) is 0 Å². The molecule has 86 valence electrons. The number of nitriles is 1. The second-order valence-electron chi connectivity index (χ2n) is 4.02. The highest BCUT2D eigenvalue weighted by molar-refractivity contribution is 5.89. The fraction of sp³-hybridized carbons (Fsp3) is 0. The monoisotopic (exact) mass is 234 g/mol. The van der Waals surface area contributed by atoms with Gasteiger partial charge in [-0.3, -0.25) is 0 Å². The molecule has 4 nitrogen and oxygen atoms in total. The standard InChI is InChI=1S/C14H10N4/c15-8-9-4-6-10(7-5-9)14-17-12-3-1-2-11(16)13(12)18-14/h1-7H,16H2,(H,17,18). The number of benzene rings is 2. The van der Waals surface area contributed by atoms with Crippen LogP contribution in [-0.4, -0.2) is 9.97 Å². The normalized spacial score (nSPS) is 10.4. The van der Waals surface area contributed by atoms with E-state index in [9.17, 15) is 0 Å². The van der Waals surface area contributed by atoms with Crippen LogP contribution in [0.25, 0.3) is 22.4 Å². The smallest absolute Gasteiger partial charge is 0.138 e. The molecule has 3 aromatic rings. The number of para-hydroxylation sites is 1. The lowest BCUT2D eigenvalue weighted by Gasteiger charge is -1.95. The largest absolute Gasteiger partial charge is 0.397 e. The van der Waals surface area contributed by atoms with Gasteiger partial charge in [0.15, 0.2) is 0 Å². The molecule has 4 heteroatoms. The molecule has 0 radical (unpaired) electrons. The Morgan fingerprint density at radius 2 is 1.89 bits per heavy atom. The van der Waals surface area contributed by atoms with Crippen molar-refractivity contribution in [2.45, 2.75) is 0 Å². The molecule has 0 aliphatic heterocycles. The summed E-state index contributed by atoms with van der Waals surface area (Å²) in [4.78, 5) is 7.69. The van der Waals surface area contributed by atoms with Crippen LogP contribution in [0.5, 0.6) is 0 Å². The molecule has 0 unspecified atom stereocenters. The lowest BCUT2D eigenvalue weighted by atomic mass is 10.1. The molecule has 0 bridgehead atoms. The highest BCUT2D eigenvalue weighted by atomic mass is 14.9. The van der Waals surface area contributed by atoms with E-state index in [1.807, 2.05) is 30.3 Å². The second-order valence-corrected chi connectivity index (χ2v) is 4.02. The molecule has 0 fully saturated rings. The molecule has 0 aliphatic carbocycles. The van der Waals surface area contributed by atoms with Gasteiger partial charge >= 0.3 is 0 Å². The molecule has 0 atom stereocenters. The summed E-state index contributed by atoms with van der Waals surface area (Å²) in [7, 11) is 0. The minimum Gasteiger partial charge on any atom is -0.397 e. The maximum Gasteiger partial charge on any atom is 0.138 e. The van der Waals surface area contributed by atoms with Crippen molar-refractivity contribution in [3.8, 4) is 17.5 Å². The van der Waals surface area contributed by atoms with Crippen molar-refractivity contribution in [1.29, 1.82) is 5.26 Å². The number of imidazole rings is 1. The number of rotatable bonds is 1. The minimum atomic E-state index is 0.634. The van der Waals surface area contributed by atoms with Gasteiger partial charge in [0.1, 0.15) is 11.3 Å². The SMILES string of the molecule is N#Cc1ccc(-c2nc3c(N)cccc3[nH]2)cc1. The van der Waals surface area contributed by atoms with E-state index in [-0.39, 0.29) is 0 Å². The molecule has 2 aromatic carbocycles. The van der Waals surface area contributed by atoms with Gasteiger partial charge in [-0.05, 0) is 36.4 Å². The number of aromatic nitrogens is 2. The molecule has 0 amide bonds. The molecule has 3 N–H and O–H groups in total. The van der Waals surface area contributed by atoms with Crippen LogP contribution in [0.4, 0.5) is 5.69 Å². The average molecular weight is 234 g/mol. The highest BCUT2D eigenvalue weighted by Crippen LogP contribution is 2.23. The number of nitrogens with one attached hydrogen (secondary N) is 1. The zero-order valence-electron chi connectivity index (χ0n) is 9.51. The summed E-state index contributed by atoms with van der Waals surface area (Å²) in [6, 6.07) is 15.0. The number of anilines is 1. The van der Waals surface area contributed by atoms with Gasteiger partial charge in [-0.2, -0.15) is 5.26 Å². The summed E-state index contributed by atoms with van der Waals surface area (Å²) >= 11 is 0. The number of hydrogen-bond acceptors (Lipinski definition) is 3.